The van der Waals surface area contributed by atoms with Gasteiger partial charge in [0.25, 0.3) is 0 Å². The van der Waals surface area contributed by atoms with Gasteiger partial charge in [-0.2, -0.15) is 0 Å². The number of ether oxygens (including phenoxy) is 1. The maximum absolute atomic E-state index is 11.7. The summed E-state index contributed by atoms with van der Waals surface area (Å²) in [6.45, 7) is 7.25. The second-order valence-electron chi connectivity index (χ2n) is 7.73. The van der Waals surface area contributed by atoms with E-state index in [1.165, 1.54) is 23.6 Å². The van der Waals surface area contributed by atoms with Crippen LogP contribution in [0.15, 0.2) is 55.3 Å². The van der Waals surface area contributed by atoms with Crippen LogP contribution < -0.4 is 10.4 Å². The molecule has 4 nitrogen and oxygen atoms in total. The van der Waals surface area contributed by atoms with Gasteiger partial charge < -0.3 is 13.6 Å². The molecule has 0 aliphatic heterocycles. The summed E-state index contributed by atoms with van der Waals surface area (Å²) < 4.78 is 17.2. The van der Waals surface area contributed by atoms with Crippen molar-refractivity contribution in [3.63, 3.8) is 0 Å². The van der Waals surface area contributed by atoms with E-state index < -0.39 is 5.63 Å². The highest BCUT2D eigenvalue weighted by molar-refractivity contribution is 5.99. The Morgan fingerprint density at radius 3 is 2.80 bits per heavy atom. The highest BCUT2D eigenvalue weighted by Crippen LogP contribution is 2.40. The van der Waals surface area contributed by atoms with E-state index in [9.17, 15) is 4.79 Å². The third-order valence-corrected chi connectivity index (χ3v) is 5.15. The van der Waals surface area contributed by atoms with Crippen molar-refractivity contribution in [2.75, 3.05) is 6.61 Å². The third-order valence-electron chi connectivity index (χ3n) is 5.15. The summed E-state index contributed by atoms with van der Waals surface area (Å²) in [4.78, 5) is 11.7. The smallest absolute Gasteiger partial charge is 0.336 e. The Morgan fingerprint density at radius 2 is 1.96 bits per heavy atom. The van der Waals surface area contributed by atoms with E-state index in [1.54, 1.807) is 12.3 Å². The average Bonchev–Trinajstić information content (AvgIpc) is 3.03. The fourth-order valence-electron chi connectivity index (χ4n) is 3.59. The Balaban J connectivity index is 1.76. The van der Waals surface area contributed by atoms with Gasteiger partial charge in [-0.1, -0.05) is 19.4 Å². The topological polar surface area (TPSA) is 52.6 Å². The van der Waals surface area contributed by atoms with E-state index in [-0.39, 0.29) is 0 Å². The van der Waals surface area contributed by atoms with Crippen molar-refractivity contribution in [3.05, 3.63) is 52.1 Å². The third kappa shape index (κ3) is 2.97. The Labute approximate surface area is 146 Å². The van der Waals surface area contributed by atoms with Crippen LogP contribution in [0.25, 0.3) is 21.9 Å². The second kappa shape index (κ2) is 5.80. The molecule has 0 unspecified atom stereocenters. The lowest BCUT2D eigenvalue weighted by molar-refractivity contribution is 0.275. The van der Waals surface area contributed by atoms with Crippen molar-refractivity contribution in [2.24, 2.45) is 5.41 Å². The molecule has 0 radical (unpaired) electrons. The summed E-state index contributed by atoms with van der Waals surface area (Å²) in [5.74, 6) is 0.513. The molecular formula is C21H22O4. The molecule has 2 aromatic heterocycles. The van der Waals surface area contributed by atoms with Gasteiger partial charge >= 0.3 is 5.63 Å². The first kappa shape index (κ1) is 16.0. The molecule has 0 amide bonds. The van der Waals surface area contributed by atoms with Crippen LogP contribution >= 0.6 is 0 Å². The van der Waals surface area contributed by atoms with Crippen LogP contribution in [0.2, 0.25) is 0 Å². The van der Waals surface area contributed by atoms with Crippen LogP contribution in [-0.2, 0) is 0 Å². The lowest BCUT2D eigenvalue weighted by Gasteiger charge is -2.32. The van der Waals surface area contributed by atoms with Crippen LogP contribution in [-0.4, -0.2) is 6.61 Å². The summed E-state index contributed by atoms with van der Waals surface area (Å²) in [5, 5.41) is 1.77. The predicted molar refractivity (Wildman–Crippen MR) is 98.1 cm³/mol. The Kier molecular flexibility index (Phi) is 3.71. The lowest BCUT2D eigenvalue weighted by Crippen LogP contribution is -2.20. The highest BCUT2D eigenvalue weighted by Gasteiger charge is 2.26. The zero-order chi connectivity index (χ0) is 17.6. The number of fused-ring (bicyclic) bond motifs is 2. The van der Waals surface area contributed by atoms with Crippen molar-refractivity contribution < 1.29 is 13.6 Å². The molecule has 0 atom stereocenters. The van der Waals surface area contributed by atoms with Gasteiger partial charge in [0.15, 0.2) is 11.2 Å². The minimum absolute atomic E-state index is 0.295. The number of furan rings is 1. The Morgan fingerprint density at radius 1 is 1.16 bits per heavy atom. The van der Waals surface area contributed by atoms with Crippen LogP contribution in [0.5, 0.6) is 5.75 Å². The van der Waals surface area contributed by atoms with Gasteiger partial charge in [-0.3, -0.25) is 0 Å². The quantitative estimate of drug-likeness (QED) is 0.471. The van der Waals surface area contributed by atoms with Gasteiger partial charge in [-0.25, -0.2) is 4.79 Å². The predicted octanol–water partition coefficient (Wildman–Crippen LogP) is 5.44. The van der Waals surface area contributed by atoms with Crippen molar-refractivity contribution in [1.82, 2.24) is 0 Å². The van der Waals surface area contributed by atoms with E-state index in [2.05, 4.69) is 20.8 Å². The van der Waals surface area contributed by atoms with Gasteiger partial charge in [0.2, 0.25) is 5.75 Å². The van der Waals surface area contributed by atoms with Gasteiger partial charge in [0.05, 0.1) is 6.26 Å². The van der Waals surface area contributed by atoms with Gasteiger partial charge in [-0.15, -0.1) is 0 Å². The molecule has 25 heavy (non-hydrogen) atoms. The summed E-state index contributed by atoms with van der Waals surface area (Å²) in [5.41, 5.74) is 3.70. The minimum Gasteiger partial charge on any atom is -0.482 e. The molecule has 1 aromatic carbocycles. The maximum atomic E-state index is 11.7. The molecule has 0 bridgehead atoms. The second-order valence-corrected chi connectivity index (χ2v) is 7.73. The van der Waals surface area contributed by atoms with E-state index >= 15 is 0 Å². The van der Waals surface area contributed by atoms with Crippen molar-refractivity contribution >= 4 is 21.9 Å². The Bertz CT molecular complexity index is 1030. The van der Waals surface area contributed by atoms with Crippen LogP contribution in [0.1, 0.15) is 40.0 Å². The molecule has 0 spiro atoms. The molecule has 2 heterocycles. The van der Waals surface area contributed by atoms with E-state index in [0.29, 0.717) is 28.9 Å². The first-order valence-corrected chi connectivity index (χ1v) is 8.67. The standard InChI is InChI=1S/C21H22O4/c1-13-6-8-21(2,3)11-16(13)12-24-20-18-15(7-9-23-18)10-14-4-5-17(22)25-19(14)20/h4-5,7,9-10H,6,8,11-12H2,1-3H3. The van der Waals surface area contributed by atoms with Crippen LogP contribution in [0, 0.1) is 5.41 Å². The van der Waals surface area contributed by atoms with Crippen LogP contribution in [0.4, 0.5) is 0 Å². The van der Waals surface area contributed by atoms with Crippen LogP contribution in [0.3, 0.4) is 0 Å². The molecular weight excluding hydrogens is 316 g/mol. The zero-order valence-corrected chi connectivity index (χ0v) is 14.8. The molecule has 1 aliphatic carbocycles. The monoisotopic (exact) mass is 338 g/mol. The number of allylic oxidation sites excluding steroid dienone is 1. The Hall–Kier alpha value is -2.49. The highest BCUT2D eigenvalue weighted by atomic mass is 16.5. The number of benzene rings is 1. The van der Waals surface area contributed by atoms with Crippen molar-refractivity contribution in [2.45, 2.75) is 40.0 Å². The molecule has 0 saturated heterocycles. The summed E-state index contributed by atoms with van der Waals surface area (Å²) >= 11 is 0. The maximum Gasteiger partial charge on any atom is 0.336 e. The number of hydrogen-bond donors (Lipinski definition) is 0. The van der Waals surface area contributed by atoms with Crippen molar-refractivity contribution in [3.8, 4) is 5.75 Å². The summed E-state index contributed by atoms with van der Waals surface area (Å²) in [7, 11) is 0. The normalized spacial score (nSPS) is 17.4. The van der Waals surface area contributed by atoms with Gasteiger partial charge in [0.1, 0.15) is 6.61 Å². The molecule has 4 heteroatoms. The summed E-state index contributed by atoms with van der Waals surface area (Å²) in [6.07, 6.45) is 4.96. The fraction of sp³-hybridized carbons (Fsp3) is 0.381. The average molecular weight is 338 g/mol. The molecule has 0 saturated carbocycles. The molecule has 0 fully saturated rings. The van der Waals surface area contributed by atoms with E-state index in [1.807, 2.05) is 12.1 Å². The van der Waals surface area contributed by atoms with E-state index in [4.69, 9.17) is 13.6 Å². The summed E-state index contributed by atoms with van der Waals surface area (Å²) in [6, 6.07) is 7.02. The first-order valence-electron chi connectivity index (χ1n) is 8.67. The zero-order valence-electron chi connectivity index (χ0n) is 14.8. The van der Waals surface area contributed by atoms with E-state index in [0.717, 1.165) is 23.6 Å². The lowest BCUT2D eigenvalue weighted by atomic mass is 9.75. The fourth-order valence-corrected chi connectivity index (χ4v) is 3.59. The minimum atomic E-state index is -0.391. The first-order chi connectivity index (χ1) is 11.9. The largest absolute Gasteiger partial charge is 0.482 e. The molecule has 130 valence electrons. The molecule has 4 rings (SSSR count). The number of rotatable bonds is 3. The van der Waals surface area contributed by atoms with Gasteiger partial charge in [-0.05, 0) is 55.4 Å². The van der Waals surface area contributed by atoms with Crippen molar-refractivity contribution in [1.29, 1.82) is 0 Å². The van der Waals surface area contributed by atoms with Gasteiger partial charge in [0, 0.05) is 16.8 Å². The number of hydrogen-bond acceptors (Lipinski definition) is 4. The molecule has 3 aromatic rings. The molecule has 1 aliphatic rings. The molecule has 0 N–H and O–H groups in total. The SMILES string of the molecule is CC1=C(COc2c3occc3cc3ccc(=O)oc23)CC(C)(C)CC1.